The van der Waals surface area contributed by atoms with Crippen molar-refractivity contribution in [3.63, 3.8) is 0 Å². The minimum Gasteiger partial charge on any atom is -0.550 e. The quantitative estimate of drug-likeness (QED) is 0.855. The molecule has 1 aromatic carbocycles. The van der Waals surface area contributed by atoms with Crippen LogP contribution in [0.2, 0.25) is 5.02 Å². The Bertz CT molecular complexity index is 548. The number of halogens is 1. The number of rotatable bonds is 3. The molecule has 1 heterocycles. The van der Waals surface area contributed by atoms with E-state index in [1.807, 2.05) is 19.1 Å². The lowest BCUT2D eigenvalue weighted by atomic mass is 10.1. The van der Waals surface area contributed by atoms with Crippen LogP contribution in [-0.4, -0.2) is 11.0 Å². The van der Waals surface area contributed by atoms with Gasteiger partial charge in [0.2, 0.25) is 0 Å². The minimum absolute atomic E-state index is 0.108. The van der Waals surface area contributed by atoms with Gasteiger partial charge in [-0.3, -0.25) is 0 Å². The molecular weight excluding hydrogens is 258 g/mol. The van der Waals surface area contributed by atoms with E-state index in [1.165, 1.54) is 11.3 Å². The first kappa shape index (κ1) is 12.1. The molecule has 0 bridgehead atoms. The molecule has 0 saturated heterocycles. The summed E-state index contributed by atoms with van der Waals surface area (Å²) in [7, 11) is 0. The Balaban J connectivity index is 2.43. The van der Waals surface area contributed by atoms with Crippen LogP contribution in [0.15, 0.2) is 24.3 Å². The molecule has 2 aromatic rings. The van der Waals surface area contributed by atoms with Crippen molar-refractivity contribution in [3.05, 3.63) is 39.2 Å². The second-order valence-corrected chi connectivity index (χ2v) is 5.28. The fraction of sp³-hybridized carbons (Fsp3) is 0.167. The molecule has 0 aliphatic rings. The van der Waals surface area contributed by atoms with E-state index >= 15 is 0 Å². The second-order valence-electron chi connectivity index (χ2n) is 3.56. The van der Waals surface area contributed by atoms with Crippen molar-refractivity contribution in [2.24, 2.45) is 0 Å². The molecule has 0 amide bonds. The Morgan fingerprint density at radius 3 is 2.65 bits per heavy atom. The van der Waals surface area contributed by atoms with Gasteiger partial charge in [-0.05, 0) is 19.1 Å². The van der Waals surface area contributed by atoms with Gasteiger partial charge < -0.3 is 9.90 Å². The summed E-state index contributed by atoms with van der Waals surface area (Å²) in [6.45, 7) is 1.85. The van der Waals surface area contributed by atoms with Crippen LogP contribution in [0.4, 0.5) is 0 Å². The molecule has 0 atom stereocenters. The Hall–Kier alpha value is -1.39. The second kappa shape index (κ2) is 4.85. The first-order valence-corrected chi connectivity index (χ1v) is 6.18. The molecule has 0 fully saturated rings. The van der Waals surface area contributed by atoms with Crippen molar-refractivity contribution in [2.75, 3.05) is 0 Å². The van der Waals surface area contributed by atoms with Crippen LogP contribution in [0, 0.1) is 6.92 Å². The summed E-state index contributed by atoms with van der Waals surface area (Å²) in [6.07, 6.45) is -0.108. The maximum Gasteiger partial charge on any atom is 0.0904 e. The van der Waals surface area contributed by atoms with E-state index in [4.69, 9.17) is 11.6 Å². The van der Waals surface area contributed by atoms with Gasteiger partial charge in [0.1, 0.15) is 0 Å². The van der Waals surface area contributed by atoms with Gasteiger partial charge in [-0.1, -0.05) is 23.7 Å². The van der Waals surface area contributed by atoms with Crippen molar-refractivity contribution in [1.82, 2.24) is 4.98 Å². The van der Waals surface area contributed by atoms with Crippen LogP contribution < -0.4 is 5.11 Å². The highest BCUT2D eigenvalue weighted by Crippen LogP contribution is 2.29. The highest BCUT2D eigenvalue weighted by atomic mass is 35.5. The molecule has 0 spiro atoms. The summed E-state index contributed by atoms with van der Waals surface area (Å²) < 4.78 is 0. The van der Waals surface area contributed by atoms with Gasteiger partial charge in [0.25, 0.3) is 0 Å². The molecular formula is C12H9ClNO2S-. The van der Waals surface area contributed by atoms with Crippen molar-refractivity contribution in [2.45, 2.75) is 13.3 Å². The number of aliphatic carboxylic acids is 1. The van der Waals surface area contributed by atoms with Crippen molar-refractivity contribution >= 4 is 28.9 Å². The molecule has 0 aliphatic carbocycles. The molecule has 5 heteroatoms. The lowest BCUT2D eigenvalue weighted by molar-refractivity contribution is -0.304. The van der Waals surface area contributed by atoms with Gasteiger partial charge in [0.05, 0.1) is 10.7 Å². The standard InChI is InChI=1S/C12H10ClNO2S/c1-7-14-12(10(17-7)6-11(15)16)8-2-4-9(13)5-3-8/h2-5H,6H2,1H3,(H,15,16)/p-1. The molecule has 0 aliphatic heterocycles. The normalized spacial score (nSPS) is 10.5. The average molecular weight is 267 g/mol. The highest BCUT2D eigenvalue weighted by Gasteiger charge is 2.11. The summed E-state index contributed by atoms with van der Waals surface area (Å²) in [4.78, 5) is 15.7. The van der Waals surface area contributed by atoms with Gasteiger partial charge in [0.15, 0.2) is 0 Å². The summed E-state index contributed by atoms with van der Waals surface area (Å²) >= 11 is 7.18. The monoisotopic (exact) mass is 266 g/mol. The van der Waals surface area contributed by atoms with Gasteiger partial charge in [-0.2, -0.15) is 0 Å². The van der Waals surface area contributed by atoms with Gasteiger partial charge in [0, 0.05) is 27.9 Å². The maximum absolute atomic E-state index is 10.7. The number of hydrogen-bond donors (Lipinski definition) is 0. The number of carboxylic acids is 1. The van der Waals surface area contributed by atoms with Gasteiger partial charge in [-0.15, -0.1) is 11.3 Å². The van der Waals surface area contributed by atoms with Crippen LogP contribution in [-0.2, 0) is 11.2 Å². The number of carboxylic acid groups (broad SMARTS) is 1. The van der Waals surface area contributed by atoms with Crippen molar-refractivity contribution in [1.29, 1.82) is 0 Å². The Kier molecular flexibility index (Phi) is 3.45. The van der Waals surface area contributed by atoms with E-state index in [2.05, 4.69) is 4.98 Å². The number of benzene rings is 1. The first-order valence-electron chi connectivity index (χ1n) is 4.98. The first-order chi connectivity index (χ1) is 8.06. The Morgan fingerprint density at radius 1 is 1.41 bits per heavy atom. The van der Waals surface area contributed by atoms with E-state index < -0.39 is 5.97 Å². The van der Waals surface area contributed by atoms with E-state index in [0.29, 0.717) is 15.6 Å². The summed E-state index contributed by atoms with van der Waals surface area (Å²) in [5.74, 6) is -1.09. The number of aryl methyl sites for hydroxylation is 1. The van der Waals surface area contributed by atoms with E-state index in [1.54, 1.807) is 12.1 Å². The predicted octanol–water partition coefficient (Wildman–Crippen LogP) is 2.06. The van der Waals surface area contributed by atoms with Gasteiger partial charge in [-0.25, -0.2) is 4.98 Å². The molecule has 2 rings (SSSR count). The number of carbonyl (C=O) groups is 1. The van der Waals surface area contributed by atoms with Crippen molar-refractivity contribution in [3.8, 4) is 11.3 Å². The van der Waals surface area contributed by atoms with Crippen LogP contribution in [0.5, 0.6) is 0 Å². The molecule has 3 nitrogen and oxygen atoms in total. The van der Waals surface area contributed by atoms with Gasteiger partial charge >= 0.3 is 0 Å². The summed E-state index contributed by atoms with van der Waals surface area (Å²) in [6, 6.07) is 7.17. The van der Waals surface area contributed by atoms with Crippen LogP contribution in [0.3, 0.4) is 0 Å². The molecule has 0 radical (unpaired) electrons. The third kappa shape index (κ3) is 2.84. The number of thiazole rings is 1. The molecule has 0 N–H and O–H groups in total. The molecule has 1 aromatic heterocycles. The number of hydrogen-bond acceptors (Lipinski definition) is 4. The highest BCUT2D eigenvalue weighted by molar-refractivity contribution is 7.12. The largest absolute Gasteiger partial charge is 0.550 e. The molecule has 17 heavy (non-hydrogen) atoms. The number of aromatic nitrogens is 1. The van der Waals surface area contributed by atoms with E-state index in [9.17, 15) is 9.90 Å². The maximum atomic E-state index is 10.7. The summed E-state index contributed by atoms with van der Waals surface area (Å²) in [5.41, 5.74) is 1.57. The van der Waals surface area contributed by atoms with Crippen molar-refractivity contribution < 1.29 is 9.90 Å². The zero-order valence-electron chi connectivity index (χ0n) is 9.07. The molecule has 0 unspecified atom stereocenters. The smallest absolute Gasteiger partial charge is 0.0904 e. The van der Waals surface area contributed by atoms with Crippen LogP contribution in [0.25, 0.3) is 11.3 Å². The zero-order valence-corrected chi connectivity index (χ0v) is 10.6. The molecule has 0 saturated carbocycles. The lowest BCUT2D eigenvalue weighted by Crippen LogP contribution is -2.24. The number of nitrogens with zero attached hydrogens (tertiary/aromatic N) is 1. The molecule has 88 valence electrons. The fourth-order valence-corrected chi connectivity index (χ4v) is 2.62. The van der Waals surface area contributed by atoms with Crippen LogP contribution in [0.1, 0.15) is 9.88 Å². The number of carbonyl (C=O) groups excluding carboxylic acids is 1. The topological polar surface area (TPSA) is 53.0 Å². The fourth-order valence-electron chi connectivity index (χ4n) is 1.55. The van der Waals surface area contributed by atoms with Crippen LogP contribution >= 0.6 is 22.9 Å². The third-order valence-electron chi connectivity index (χ3n) is 2.23. The van der Waals surface area contributed by atoms with E-state index in [0.717, 1.165) is 10.6 Å². The lowest BCUT2D eigenvalue weighted by Gasteiger charge is -2.03. The Labute approximate surface area is 108 Å². The zero-order chi connectivity index (χ0) is 12.4. The third-order valence-corrected chi connectivity index (χ3v) is 3.45. The SMILES string of the molecule is Cc1nc(-c2ccc(Cl)cc2)c(CC(=O)[O-])s1. The average Bonchev–Trinajstić information content (AvgIpc) is 2.59. The Morgan fingerprint density at radius 2 is 2.06 bits per heavy atom. The van der Waals surface area contributed by atoms with E-state index in [-0.39, 0.29) is 6.42 Å². The summed E-state index contributed by atoms with van der Waals surface area (Å²) in [5, 5.41) is 12.1. The minimum atomic E-state index is -1.09. The predicted molar refractivity (Wildman–Crippen MR) is 66.0 cm³/mol.